The second kappa shape index (κ2) is 8.65. The van der Waals surface area contributed by atoms with Crippen molar-refractivity contribution in [2.24, 2.45) is 0 Å². The number of H-pyrrole nitrogens is 1. The fraction of sp³-hybridized carbons (Fsp3) is 0.320. The van der Waals surface area contributed by atoms with Crippen molar-refractivity contribution in [1.82, 2.24) is 29.9 Å². The van der Waals surface area contributed by atoms with Gasteiger partial charge in [-0.2, -0.15) is 5.10 Å². The van der Waals surface area contributed by atoms with Gasteiger partial charge in [0.1, 0.15) is 5.69 Å². The van der Waals surface area contributed by atoms with E-state index in [0.717, 1.165) is 71.5 Å². The van der Waals surface area contributed by atoms with E-state index >= 15 is 0 Å². The summed E-state index contributed by atoms with van der Waals surface area (Å²) in [6, 6.07) is 20.9. The van der Waals surface area contributed by atoms with Crippen LogP contribution in [-0.2, 0) is 6.54 Å². The van der Waals surface area contributed by atoms with E-state index in [9.17, 15) is 0 Å². The van der Waals surface area contributed by atoms with Crippen molar-refractivity contribution in [3.63, 3.8) is 0 Å². The molecule has 3 heterocycles. The number of aromatic nitrogens is 5. The number of piperazine rings is 1. The van der Waals surface area contributed by atoms with E-state index in [0.29, 0.717) is 6.54 Å². The second-order valence-corrected chi connectivity index (χ2v) is 9.20. The van der Waals surface area contributed by atoms with Crippen molar-refractivity contribution in [2.75, 3.05) is 31.1 Å². The van der Waals surface area contributed by atoms with Crippen LogP contribution in [0.4, 0.5) is 5.95 Å². The first-order valence-corrected chi connectivity index (χ1v) is 11.9. The van der Waals surface area contributed by atoms with E-state index in [4.69, 9.17) is 11.6 Å². The highest BCUT2D eigenvalue weighted by molar-refractivity contribution is 6.31. The number of hydrogen-bond acceptors (Lipinski definition) is 5. The topological polar surface area (TPSA) is 65.9 Å². The minimum atomic E-state index is 0.597. The molecule has 0 spiro atoms. The molecule has 7 nitrogen and oxygen atoms in total. The number of nitrogens with zero attached hydrogens (tertiary/aromatic N) is 6. The molecule has 0 atom stereocenters. The molecule has 2 aromatic heterocycles. The largest absolute Gasteiger partial charge is 0.338 e. The summed E-state index contributed by atoms with van der Waals surface area (Å²) in [6.45, 7) is 4.65. The van der Waals surface area contributed by atoms with Crippen molar-refractivity contribution in [3.05, 3.63) is 71.2 Å². The predicted octanol–water partition coefficient (Wildman–Crippen LogP) is 4.32. The van der Waals surface area contributed by atoms with Crippen molar-refractivity contribution in [2.45, 2.75) is 25.4 Å². The van der Waals surface area contributed by atoms with Gasteiger partial charge >= 0.3 is 0 Å². The zero-order chi connectivity index (χ0) is 22.2. The first kappa shape index (κ1) is 20.4. The van der Waals surface area contributed by atoms with Crippen LogP contribution in [0, 0.1) is 0 Å². The molecule has 0 unspecified atom stereocenters. The normalized spacial score (nSPS) is 16.9. The Bertz CT molecular complexity index is 1240. The molecule has 0 radical (unpaired) electrons. The highest BCUT2D eigenvalue weighted by Crippen LogP contribution is 2.31. The maximum atomic E-state index is 6.53. The predicted molar refractivity (Wildman–Crippen MR) is 130 cm³/mol. The summed E-state index contributed by atoms with van der Waals surface area (Å²) in [5.41, 5.74) is 3.84. The lowest BCUT2D eigenvalue weighted by molar-refractivity contribution is 0.246. The molecular weight excluding hydrogens is 434 g/mol. The number of aromatic amines is 1. The van der Waals surface area contributed by atoms with Crippen LogP contribution in [0.2, 0.25) is 5.02 Å². The van der Waals surface area contributed by atoms with Crippen molar-refractivity contribution >= 4 is 17.5 Å². The van der Waals surface area contributed by atoms with E-state index in [1.807, 2.05) is 42.5 Å². The molecule has 1 aliphatic heterocycles. The summed E-state index contributed by atoms with van der Waals surface area (Å²) in [7, 11) is 0. The van der Waals surface area contributed by atoms with Crippen molar-refractivity contribution in [1.29, 1.82) is 0 Å². The standard InChI is InChI=1S/C25H26ClN7/c26-21-9-5-4-8-19(21)17-33-24(23-16-22(27-28-23)18-6-2-1-3-7-18)29-30-25(33)32-14-12-31(13-15-32)20-10-11-20/h1-9,16,20H,10-15,17H2,(H,27,28). The number of nitrogens with one attached hydrogen (secondary N) is 1. The molecule has 1 N–H and O–H groups in total. The van der Waals surface area contributed by atoms with Crippen LogP contribution in [0.3, 0.4) is 0 Å². The quantitative estimate of drug-likeness (QED) is 0.465. The zero-order valence-electron chi connectivity index (χ0n) is 18.4. The molecule has 2 aromatic carbocycles. The number of hydrogen-bond donors (Lipinski definition) is 1. The van der Waals surface area contributed by atoms with Crippen LogP contribution in [0.15, 0.2) is 60.7 Å². The first-order chi connectivity index (χ1) is 16.3. The van der Waals surface area contributed by atoms with Gasteiger partial charge in [0.25, 0.3) is 0 Å². The molecule has 2 fully saturated rings. The van der Waals surface area contributed by atoms with Crippen LogP contribution in [0.1, 0.15) is 18.4 Å². The van der Waals surface area contributed by atoms with Gasteiger partial charge in [-0.1, -0.05) is 60.1 Å². The molecule has 1 aliphatic carbocycles. The van der Waals surface area contributed by atoms with Gasteiger partial charge in [0.15, 0.2) is 5.82 Å². The number of anilines is 1. The number of rotatable bonds is 6. The van der Waals surface area contributed by atoms with Gasteiger partial charge in [-0.15, -0.1) is 10.2 Å². The molecule has 0 amide bonds. The smallest absolute Gasteiger partial charge is 0.227 e. The minimum Gasteiger partial charge on any atom is -0.338 e. The third-order valence-electron chi connectivity index (χ3n) is 6.57. The van der Waals surface area contributed by atoms with Crippen LogP contribution in [0.5, 0.6) is 0 Å². The lowest BCUT2D eigenvalue weighted by Gasteiger charge is -2.35. The van der Waals surface area contributed by atoms with Gasteiger partial charge in [0.05, 0.1) is 12.2 Å². The summed E-state index contributed by atoms with van der Waals surface area (Å²) in [5.74, 6) is 1.65. The van der Waals surface area contributed by atoms with E-state index in [-0.39, 0.29) is 0 Å². The lowest BCUT2D eigenvalue weighted by atomic mass is 10.1. The minimum absolute atomic E-state index is 0.597. The van der Waals surface area contributed by atoms with E-state index in [1.165, 1.54) is 12.8 Å². The highest BCUT2D eigenvalue weighted by Gasteiger charge is 2.32. The lowest BCUT2D eigenvalue weighted by Crippen LogP contribution is -2.48. The monoisotopic (exact) mass is 459 g/mol. The molecule has 6 rings (SSSR count). The van der Waals surface area contributed by atoms with Crippen molar-refractivity contribution in [3.8, 4) is 22.8 Å². The van der Waals surface area contributed by atoms with Gasteiger partial charge in [0, 0.05) is 42.8 Å². The molecule has 33 heavy (non-hydrogen) atoms. The van der Waals surface area contributed by atoms with Crippen LogP contribution < -0.4 is 4.90 Å². The third kappa shape index (κ3) is 4.14. The van der Waals surface area contributed by atoms with Crippen LogP contribution in [0.25, 0.3) is 22.8 Å². The first-order valence-electron chi connectivity index (χ1n) is 11.5. The van der Waals surface area contributed by atoms with Crippen LogP contribution in [-0.4, -0.2) is 62.1 Å². The molecule has 1 saturated carbocycles. The van der Waals surface area contributed by atoms with Crippen LogP contribution >= 0.6 is 11.6 Å². The maximum absolute atomic E-state index is 6.53. The van der Waals surface area contributed by atoms with Gasteiger partial charge in [-0.05, 0) is 30.5 Å². The zero-order valence-corrected chi connectivity index (χ0v) is 19.1. The van der Waals surface area contributed by atoms with Crippen molar-refractivity contribution < 1.29 is 0 Å². The Labute approximate surface area is 198 Å². The summed E-state index contributed by atoms with van der Waals surface area (Å²) in [4.78, 5) is 4.95. The Morgan fingerprint density at radius 3 is 2.42 bits per heavy atom. The Kier molecular flexibility index (Phi) is 5.36. The highest BCUT2D eigenvalue weighted by atomic mass is 35.5. The van der Waals surface area contributed by atoms with Gasteiger partial charge < -0.3 is 4.90 Å². The third-order valence-corrected chi connectivity index (χ3v) is 6.93. The molecule has 4 aromatic rings. The maximum Gasteiger partial charge on any atom is 0.227 e. The molecule has 168 valence electrons. The Balaban J connectivity index is 1.35. The molecule has 1 saturated heterocycles. The molecular formula is C25H26ClN7. The fourth-order valence-electron chi connectivity index (χ4n) is 4.59. The van der Waals surface area contributed by atoms with Gasteiger partial charge in [0.2, 0.25) is 5.95 Å². The Morgan fingerprint density at radius 2 is 1.67 bits per heavy atom. The van der Waals surface area contributed by atoms with E-state index in [1.54, 1.807) is 0 Å². The summed E-state index contributed by atoms with van der Waals surface area (Å²) < 4.78 is 2.16. The average molecular weight is 460 g/mol. The SMILES string of the molecule is Clc1ccccc1Cn1c(-c2cc(-c3ccccc3)n[nH]2)nnc1N1CCN(C2CC2)CC1. The Morgan fingerprint density at radius 1 is 0.909 bits per heavy atom. The molecule has 8 heteroatoms. The van der Waals surface area contributed by atoms with Gasteiger partial charge in [-0.3, -0.25) is 14.6 Å². The number of halogens is 1. The summed E-state index contributed by atoms with van der Waals surface area (Å²) >= 11 is 6.53. The average Bonchev–Trinajstić information content (AvgIpc) is 3.45. The summed E-state index contributed by atoms with van der Waals surface area (Å²) in [6.07, 6.45) is 2.69. The summed E-state index contributed by atoms with van der Waals surface area (Å²) in [5, 5.41) is 17.7. The second-order valence-electron chi connectivity index (χ2n) is 8.79. The molecule has 0 bridgehead atoms. The van der Waals surface area contributed by atoms with E-state index < -0.39 is 0 Å². The Hall–Kier alpha value is -3.16. The molecule has 2 aliphatic rings. The fourth-order valence-corrected chi connectivity index (χ4v) is 4.79. The number of benzene rings is 2. The van der Waals surface area contributed by atoms with E-state index in [2.05, 4.69) is 53.0 Å². The van der Waals surface area contributed by atoms with Gasteiger partial charge in [-0.25, -0.2) is 0 Å².